The first-order valence-corrected chi connectivity index (χ1v) is 7.78. The summed E-state index contributed by atoms with van der Waals surface area (Å²) in [5.41, 5.74) is -0.721. The van der Waals surface area contributed by atoms with Gasteiger partial charge < -0.3 is 10.2 Å². The number of rotatable bonds is 4. The zero-order valence-electron chi connectivity index (χ0n) is 14.8. The molecular formula is C19H13F3N6. The van der Waals surface area contributed by atoms with Crippen molar-refractivity contribution < 1.29 is 13.2 Å². The van der Waals surface area contributed by atoms with Gasteiger partial charge in [-0.25, -0.2) is 4.98 Å². The number of allylic oxidation sites excluding steroid dienone is 2. The highest BCUT2D eigenvalue weighted by molar-refractivity contribution is 5.69. The van der Waals surface area contributed by atoms with E-state index >= 15 is 0 Å². The van der Waals surface area contributed by atoms with Gasteiger partial charge >= 0.3 is 6.18 Å². The third-order valence-electron chi connectivity index (χ3n) is 3.61. The lowest BCUT2D eigenvalue weighted by Crippen LogP contribution is -2.14. The Morgan fingerprint density at radius 1 is 1.04 bits per heavy atom. The van der Waals surface area contributed by atoms with Crippen LogP contribution in [0, 0.1) is 34.0 Å². The Bertz CT molecular complexity index is 1030. The van der Waals surface area contributed by atoms with Gasteiger partial charge in [-0.05, 0) is 24.3 Å². The zero-order chi connectivity index (χ0) is 20.9. The summed E-state index contributed by atoms with van der Waals surface area (Å²) in [6, 6.07) is 13.0. The Hall–Kier alpha value is -4.03. The Labute approximate surface area is 159 Å². The molecule has 0 spiro atoms. The maximum absolute atomic E-state index is 13.2. The van der Waals surface area contributed by atoms with Crippen LogP contribution >= 0.6 is 0 Å². The van der Waals surface area contributed by atoms with Gasteiger partial charge in [0.2, 0.25) is 0 Å². The lowest BCUT2D eigenvalue weighted by molar-refractivity contribution is -0.137. The standard InChI is InChI=1S/C19H13F3N6/c1-28(2)18-8-14(19(20,21)22)7-16(27-18)12-4-3-5-15(6-12)26-17(11-25)13(9-23)10-24/h3-8,26H,1-2H3. The molecule has 1 aromatic heterocycles. The van der Waals surface area contributed by atoms with E-state index in [0.717, 1.165) is 12.1 Å². The Balaban J connectivity index is 2.54. The predicted molar refractivity (Wildman–Crippen MR) is 96.5 cm³/mol. The van der Waals surface area contributed by atoms with Crippen molar-refractivity contribution in [1.82, 2.24) is 4.98 Å². The third-order valence-corrected chi connectivity index (χ3v) is 3.61. The van der Waals surface area contributed by atoms with Crippen molar-refractivity contribution in [2.45, 2.75) is 6.18 Å². The number of benzene rings is 1. The van der Waals surface area contributed by atoms with Crippen LogP contribution in [0.4, 0.5) is 24.7 Å². The second kappa shape index (κ2) is 8.11. The first-order chi connectivity index (χ1) is 13.2. The molecule has 0 bridgehead atoms. The van der Waals surface area contributed by atoms with E-state index in [4.69, 9.17) is 15.8 Å². The molecule has 0 saturated heterocycles. The molecule has 28 heavy (non-hydrogen) atoms. The number of alkyl halides is 3. The molecule has 0 amide bonds. The number of halogens is 3. The van der Waals surface area contributed by atoms with Crippen molar-refractivity contribution in [3.8, 4) is 29.5 Å². The van der Waals surface area contributed by atoms with Crippen molar-refractivity contribution in [1.29, 1.82) is 15.8 Å². The van der Waals surface area contributed by atoms with E-state index in [9.17, 15) is 13.2 Å². The summed E-state index contributed by atoms with van der Waals surface area (Å²) in [5.74, 6) is 0.136. The highest BCUT2D eigenvalue weighted by atomic mass is 19.4. The zero-order valence-corrected chi connectivity index (χ0v) is 14.8. The molecule has 1 aromatic carbocycles. The molecule has 140 valence electrons. The summed E-state index contributed by atoms with van der Waals surface area (Å²) in [6.45, 7) is 0. The molecule has 0 aliphatic heterocycles. The number of aromatic nitrogens is 1. The lowest BCUT2D eigenvalue weighted by Gasteiger charge is -2.16. The molecule has 1 N–H and O–H groups in total. The monoisotopic (exact) mass is 382 g/mol. The fourth-order valence-corrected chi connectivity index (χ4v) is 2.24. The van der Waals surface area contributed by atoms with Gasteiger partial charge in [0.15, 0.2) is 5.57 Å². The molecule has 0 radical (unpaired) electrons. The van der Waals surface area contributed by atoms with Gasteiger partial charge in [-0.2, -0.15) is 29.0 Å². The van der Waals surface area contributed by atoms with Crippen LogP contribution in [0.15, 0.2) is 47.7 Å². The molecule has 0 aliphatic rings. The molecule has 9 heteroatoms. The molecule has 0 unspecified atom stereocenters. The van der Waals surface area contributed by atoms with Crippen molar-refractivity contribution >= 4 is 11.5 Å². The van der Waals surface area contributed by atoms with Crippen molar-refractivity contribution in [3.63, 3.8) is 0 Å². The Morgan fingerprint density at radius 3 is 2.25 bits per heavy atom. The number of nitrogens with zero attached hydrogens (tertiary/aromatic N) is 5. The van der Waals surface area contributed by atoms with Gasteiger partial charge in [-0.15, -0.1) is 0 Å². The van der Waals surface area contributed by atoms with E-state index in [1.807, 2.05) is 0 Å². The molecule has 2 aromatic rings. The van der Waals surface area contributed by atoms with Crippen LogP contribution in [0.2, 0.25) is 0 Å². The SMILES string of the molecule is CN(C)c1cc(C(F)(F)F)cc(-c2cccc(NC(C#N)=C(C#N)C#N)c2)n1. The van der Waals surface area contributed by atoms with E-state index in [1.165, 1.54) is 11.0 Å². The van der Waals surface area contributed by atoms with Crippen molar-refractivity contribution in [2.75, 3.05) is 24.3 Å². The number of pyridine rings is 1. The summed E-state index contributed by atoms with van der Waals surface area (Å²) in [4.78, 5) is 5.70. The second-order valence-electron chi connectivity index (χ2n) is 5.78. The van der Waals surface area contributed by atoms with E-state index < -0.39 is 17.3 Å². The fraction of sp³-hybridized carbons (Fsp3) is 0.158. The largest absolute Gasteiger partial charge is 0.416 e. The minimum atomic E-state index is -4.54. The van der Waals surface area contributed by atoms with Crippen LogP contribution in [0.1, 0.15) is 5.56 Å². The van der Waals surface area contributed by atoms with Gasteiger partial charge in [0.05, 0.1) is 11.3 Å². The number of nitrogens with one attached hydrogen (secondary N) is 1. The summed E-state index contributed by atoms with van der Waals surface area (Å²) >= 11 is 0. The molecule has 2 rings (SSSR count). The maximum Gasteiger partial charge on any atom is 0.416 e. The molecular weight excluding hydrogens is 369 g/mol. The van der Waals surface area contributed by atoms with Crippen LogP contribution in [-0.4, -0.2) is 19.1 Å². The summed E-state index contributed by atoms with van der Waals surface area (Å²) in [6.07, 6.45) is -4.54. The molecule has 0 saturated carbocycles. The van der Waals surface area contributed by atoms with Crippen LogP contribution in [0.25, 0.3) is 11.3 Å². The van der Waals surface area contributed by atoms with Crippen LogP contribution < -0.4 is 10.2 Å². The van der Waals surface area contributed by atoms with Crippen LogP contribution in [-0.2, 0) is 6.18 Å². The predicted octanol–water partition coefficient (Wildman–Crippen LogP) is 4.07. The molecule has 6 nitrogen and oxygen atoms in total. The highest BCUT2D eigenvalue weighted by Crippen LogP contribution is 2.34. The van der Waals surface area contributed by atoms with E-state index in [0.29, 0.717) is 11.3 Å². The molecule has 0 atom stereocenters. The van der Waals surface area contributed by atoms with Crippen molar-refractivity contribution in [3.05, 3.63) is 53.2 Å². The van der Waals surface area contributed by atoms with Crippen LogP contribution in [0.3, 0.4) is 0 Å². The van der Waals surface area contributed by atoms with E-state index in [1.54, 1.807) is 50.5 Å². The Morgan fingerprint density at radius 2 is 1.71 bits per heavy atom. The quantitative estimate of drug-likeness (QED) is 0.800. The first-order valence-electron chi connectivity index (χ1n) is 7.78. The number of hydrogen-bond acceptors (Lipinski definition) is 6. The highest BCUT2D eigenvalue weighted by Gasteiger charge is 2.32. The normalized spacial score (nSPS) is 10.2. The topological polar surface area (TPSA) is 99.5 Å². The Kier molecular flexibility index (Phi) is 5.88. The van der Waals surface area contributed by atoms with Gasteiger partial charge in [0, 0.05) is 25.3 Å². The average molecular weight is 382 g/mol. The summed E-state index contributed by atoms with van der Waals surface area (Å²) < 4.78 is 39.7. The van der Waals surface area contributed by atoms with Crippen molar-refractivity contribution in [2.24, 2.45) is 0 Å². The second-order valence-corrected chi connectivity index (χ2v) is 5.78. The third kappa shape index (κ3) is 4.57. The number of nitriles is 3. The first kappa shape index (κ1) is 20.3. The van der Waals surface area contributed by atoms with Gasteiger partial charge in [0.1, 0.15) is 29.7 Å². The molecule has 0 aliphatic carbocycles. The maximum atomic E-state index is 13.2. The van der Waals surface area contributed by atoms with Gasteiger partial charge in [0.25, 0.3) is 0 Å². The average Bonchev–Trinajstić information content (AvgIpc) is 2.67. The lowest BCUT2D eigenvalue weighted by atomic mass is 10.1. The van der Waals surface area contributed by atoms with Gasteiger partial charge in [-0.3, -0.25) is 0 Å². The number of hydrogen-bond donors (Lipinski definition) is 1. The number of anilines is 2. The van der Waals surface area contributed by atoms with E-state index in [2.05, 4.69) is 10.3 Å². The molecule has 1 heterocycles. The van der Waals surface area contributed by atoms with Gasteiger partial charge in [-0.1, -0.05) is 12.1 Å². The summed E-state index contributed by atoms with van der Waals surface area (Å²) in [7, 11) is 3.17. The smallest absolute Gasteiger partial charge is 0.363 e. The minimum Gasteiger partial charge on any atom is -0.363 e. The molecule has 0 fully saturated rings. The van der Waals surface area contributed by atoms with Crippen LogP contribution in [0.5, 0.6) is 0 Å². The van der Waals surface area contributed by atoms with E-state index in [-0.39, 0.29) is 17.2 Å². The summed E-state index contributed by atoms with van der Waals surface area (Å²) in [5, 5.41) is 29.5. The minimum absolute atomic E-state index is 0.0884. The fourth-order valence-electron chi connectivity index (χ4n) is 2.24.